The average Bonchev–Trinajstić information content (AvgIpc) is 3.08. The van der Waals surface area contributed by atoms with Gasteiger partial charge in [-0.2, -0.15) is 0 Å². The molecule has 146 valence electrons. The van der Waals surface area contributed by atoms with Gasteiger partial charge in [0.15, 0.2) is 0 Å². The monoisotopic (exact) mass is 373 g/mol. The molecule has 3 rings (SSSR count). The first-order valence-corrected chi connectivity index (χ1v) is 9.19. The lowest BCUT2D eigenvalue weighted by atomic mass is 10.0. The van der Waals surface area contributed by atoms with Crippen LogP contribution in [0.15, 0.2) is 16.5 Å². The van der Waals surface area contributed by atoms with Gasteiger partial charge in [-0.25, -0.2) is 0 Å². The summed E-state index contributed by atoms with van der Waals surface area (Å²) >= 11 is 0. The molecule has 27 heavy (non-hydrogen) atoms. The molecule has 0 spiro atoms. The number of nitrogens with zero attached hydrogens (tertiary/aromatic N) is 4. The highest BCUT2D eigenvalue weighted by molar-refractivity contribution is 5.61. The number of aliphatic hydroxyl groups is 1. The third kappa shape index (κ3) is 4.45. The van der Waals surface area contributed by atoms with Crippen LogP contribution in [0.3, 0.4) is 0 Å². The number of carbonyl (C=O) groups excluding carboxylic acids is 1. The normalized spacial score (nSPS) is 19.1. The van der Waals surface area contributed by atoms with Gasteiger partial charge in [0.05, 0.1) is 0 Å². The van der Waals surface area contributed by atoms with E-state index in [1.165, 1.54) is 5.56 Å². The molecule has 0 saturated carbocycles. The Morgan fingerprint density at radius 1 is 1.37 bits per heavy atom. The highest BCUT2D eigenvalue weighted by Crippen LogP contribution is 2.27. The Morgan fingerprint density at radius 3 is 2.78 bits per heavy atom. The van der Waals surface area contributed by atoms with Crippen LogP contribution in [0.25, 0.3) is 0 Å². The van der Waals surface area contributed by atoms with Crippen LogP contribution >= 0.6 is 0 Å². The summed E-state index contributed by atoms with van der Waals surface area (Å²) in [7, 11) is 0. The standard InChI is InChI=1S/C19H27N5O3/c1-12-7-16(10-23-5-6-24(11-25)13(2)9-23)14(3)17(8-12)20-19-22-21-18(27-19)15(4)26/h7-8,11,13,15,26H,5-6,9-10H2,1-4H3,(H,20,22)/t13-,15?/m0/s1. The predicted molar refractivity (Wildman–Crippen MR) is 102 cm³/mol. The minimum Gasteiger partial charge on any atom is -0.405 e. The number of piperazine rings is 1. The number of hydrogen-bond acceptors (Lipinski definition) is 7. The SMILES string of the molecule is Cc1cc(CN2CCN(C=O)[C@@H](C)C2)c(C)c(Nc2nnc(C(C)O)o2)c1. The average molecular weight is 373 g/mol. The van der Waals surface area contributed by atoms with Crippen molar-refractivity contribution in [2.24, 2.45) is 0 Å². The number of nitrogens with one attached hydrogen (secondary N) is 1. The van der Waals surface area contributed by atoms with E-state index >= 15 is 0 Å². The number of anilines is 2. The zero-order valence-corrected chi connectivity index (χ0v) is 16.3. The Bertz CT molecular complexity index is 805. The van der Waals surface area contributed by atoms with Crippen LogP contribution in [0.2, 0.25) is 0 Å². The van der Waals surface area contributed by atoms with Crippen molar-refractivity contribution in [2.75, 3.05) is 25.0 Å². The van der Waals surface area contributed by atoms with Gasteiger partial charge < -0.3 is 19.7 Å². The molecular weight excluding hydrogens is 346 g/mol. The van der Waals surface area contributed by atoms with E-state index in [-0.39, 0.29) is 17.9 Å². The molecule has 2 aromatic rings. The van der Waals surface area contributed by atoms with Gasteiger partial charge in [0.1, 0.15) is 6.10 Å². The second-order valence-electron chi connectivity index (χ2n) is 7.27. The first kappa shape index (κ1) is 19.3. The van der Waals surface area contributed by atoms with E-state index in [2.05, 4.69) is 47.3 Å². The molecule has 1 aromatic carbocycles. The molecule has 0 radical (unpaired) electrons. The number of carbonyl (C=O) groups is 1. The van der Waals surface area contributed by atoms with Crippen molar-refractivity contribution in [1.82, 2.24) is 20.0 Å². The van der Waals surface area contributed by atoms with Gasteiger partial charge in [-0.3, -0.25) is 9.69 Å². The van der Waals surface area contributed by atoms with E-state index in [0.29, 0.717) is 0 Å². The molecule has 8 nitrogen and oxygen atoms in total. The lowest BCUT2D eigenvalue weighted by molar-refractivity contribution is -0.122. The third-order valence-electron chi connectivity index (χ3n) is 4.99. The summed E-state index contributed by atoms with van der Waals surface area (Å²) in [6, 6.07) is 4.71. The smallest absolute Gasteiger partial charge is 0.320 e. The quantitative estimate of drug-likeness (QED) is 0.749. The van der Waals surface area contributed by atoms with Crippen LogP contribution in [-0.2, 0) is 11.3 Å². The van der Waals surface area contributed by atoms with Crippen LogP contribution < -0.4 is 5.32 Å². The largest absolute Gasteiger partial charge is 0.405 e. The fourth-order valence-corrected chi connectivity index (χ4v) is 3.39. The molecule has 1 fully saturated rings. The molecule has 1 amide bonds. The maximum absolute atomic E-state index is 11.1. The highest BCUT2D eigenvalue weighted by atomic mass is 16.4. The van der Waals surface area contributed by atoms with E-state index < -0.39 is 6.10 Å². The van der Waals surface area contributed by atoms with Gasteiger partial charge in [0.2, 0.25) is 12.3 Å². The zero-order valence-electron chi connectivity index (χ0n) is 16.3. The number of amides is 1. The Labute approximate surface area is 159 Å². The van der Waals surface area contributed by atoms with Crippen molar-refractivity contribution in [2.45, 2.75) is 46.4 Å². The molecule has 0 bridgehead atoms. The van der Waals surface area contributed by atoms with Crippen molar-refractivity contribution >= 4 is 18.1 Å². The van der Waals surface area contributed by atoms with Crippen molar-refractivity contribution in [1.29, 1.82) is 0 Å². The van der Waals surface area contributed by atoms with E-state index in [0.717, 1.165) is 49.4 Å². The number of rotatable bonds is 6. The third-order valence-corrected chi connectivity index (χ3v) is 4.99. The van der Waals surface area contributed by atoms with E-state index in [9.17, 15) is 9.90 Å². The second kappa shape index (κ2) is 8.06. The lowest BCUT2D eigenvalue weighted by Gasteiger charge is -2.38. The summed E-state index contributed by atoms with van der Waals surface area (Å²) in [6.07, 6.45) is 0.141. The first-order valence-electron chi connectivity index (χ1n) is 9.19. The fraction of sp³-hybridized carbons (Fsp3) is 0.526. The van der Waals surface area contributed by atoms with Crippen molar-refractivity contribution in [3.63, 3.8) is 0 Å². The summed E-state index contributed by atoms with van der Waals surface area (Å²) in [6.45, 7) is 11.1. The number of aromatic nitrogens is 2. The molecular formula is C19H27N5O3. The molecule has 0 aliphatic carbocycles. The highest BCUT2D eigenvalue weighted by Gasteiger charge is 2.23. The Kier molecular flexibility index (Phi) is 5.76. The number of hydrogen-bond donors (Lipinski definition) is 2. The molecule has 1 unspecified atom stereocenters. The molecule has 2 N–H and O–H groups in total. The van der Waals surface area contributed by atoms with Gasteiger partial charge in [-0.15, -0.1) is 5.10 Å². The maximum atomic E-state index is 11.1. The van der Waals surface area contributed by atoms with Crippen molar-refractivity contribution < 1.29 is 14.3 Å². The number of aliphatic hydroxyl groups excluding tert-OH is 1. The van der Waals surface area contributed by atoms with E-state index in [1.807, 2.05) is 11.0 Å². The lowest BCUT2D eigenvalue weighted by Crippen LogP contribution is -2.50. The van der Waals surface area contributed by atoms with Gasteiger partial charge in [-0.05, 0) is 50.5 Å². The van der Waals surface area contributed by atoms with E-state index in [1.54, 1.807) is 6.92 Å². The van der Waals surface area contributed by atoms with Crippen LogP contribution in [-0.4, -0.2) is 57.2 Å². The summed E-state index contributed by atoms with van der Waals surface area (Å²) in [5.41, 5.74) is 4.38. The minimum atomic E-state index is -0.797. The maximum Gasteiger partial charge on any atom is 0.320 e. The van der Waals surface area contributed by atoms with Crippen molar-refractivity contribution in [3.05, 3.63) is 34.7 Å². The summed E-state index contributed by atoms with van der Waals surface area (Å²) in [4.78, 5) is 15.3. The first-order chi connectivity index (χ1) is 12.9. The molecule has 2 atom stereocenters. The molecule has 1 saturated heterocycles. The van der Waals surface area contributed by atoms with Gasteiger partial charge in [-0.1, -0.05) is 11.2 Å². The number of benzene rings is 1. The molecule has 8 heteroatoms. The Hall–Kier alpha value is -2.45. The molecule has 2 heterocycles. The van der Waals surface area contributed by atoms with Gasteiger partial charge >= 0.3 is 6.01 Å². The molecule has 1 aromatic heterocycles. The Morgan fingerprint density at radius 2 is 2.15 bits per heavy atom. The molecule has 1 aliphatic rings. The van der Waals surface area contributed by atoms with Crippen LogP contribution in [0.4, 0.5) is 11.7 Å². The summed E-state index contributed by atoms with van der Waals surface area (Å²) in [5, 5.41) is 20.5. The summed E-state index contributed by atoms with van der Waals surface area (Å²) in [5.74, 6) is 0.185. The van der Waals surface area contributed by atoms with E-state index in [4.69, 9.17) is 4.42 Å². The van der Waals surface area contributed by atoms with Crippen molar-refractivity contribution in [3.8, 4) is 0 Å². The topological polar surface area (TPSA) is 94.7 Å². The van der Waals surface area contributed by atoms with Crippen LogP contribution in [0.1, 0.15) is 42.5 Å². The Balaban J connectivity index is 1.76. The fourth-order valence-electron chi connectivity index (χ4n) is 3.39. The van der Waals surface area contributed by atoms with Crippen LogP contribution in [0.5, 0.6) is 0 Å². The zero-order chi connectivity index (χ0) is 19.6. The second-order valence-corrected chi connectivity index (χ2v) is 7.27. The van der Waals surface area contributed by atoms with Gasteiger partial charge in [0.25, 0.3) is 0 Å². The molecule has 1 aliphatic heterocycles. The van der Waals surface area contributed by atoms with Crippen LogP contribution in [0, 0.1) is 13.8 Å². The number of aryl methyl sites for hydroxylation is 1. The minimum absolute atomic E-state index is 0.185. The van der Waals surface area contributed by atoms with Gasteiger partial charge in [0, 0.05) is 37.9 Å². The predicted octanol–water partition coefficient (Wildman–Crippen LogP) is 2.15. The summed E-state index contributed by atoms with van der Waals surface area (Å²) < 4.78 is 5.44.